The molecule has 3 N–H and O–H groups in total. The normalized spacial score (nSPS) is 12.5. The zero-order valence-corrected chi connectivity index (χ0v) is 16.3. The number of anilines is 1. The molecule has 0 bridgehead atoms. The highest BCUT2D eigenvalue weighted by Crippen LogP contribution is 2.18. The molecule has 1 rings (SSSR count). The summed E-state index contributed by atoms with van der Waals surface area (Å²) >= 11 is 0. The van der Waals surface area contributed by atoms with Gasteiger partial charge in [0, 0.05) is 11.2 Å². The number of guanidine groups is 1. The summed E-state index contributed by atoms with van der Waals surface area (Å²) in [6, 6.07) is 8.28. The first-order valence-corrected chi connectivity index (χ1v) is 7.06. The van der Waals surface area contributed by atoms with Gasteiger partial charge in [-0.15, -0.1) is 24.0 Å². The van der Waals surface area contributed by atoms with Gasteiger partial charge in [0.2, 0.25) is 0 Å². The summed E-state index contributed by atoms with van der Waals surface area (Å²) in [5.41, 5.74) is 8.23. The minimum atomic E-state index is -0.00786. The lowest BCUT2D eigenvalue weighted by Gasteiger charge is -2.30. The summed E-state index contributed by atoms with van der Waals surface area (Å²) in [5, 5.41) is 3.16. The van der Waals surface area contributed by atoms with Crippen LogP contribution in [0, 0.1) is 0 Å². The molecular weight excluding hydrogens is 375 g/mol. The van der Waals surface area contributed by atoms with Crippen LogP contribution in [0.3, 0.4) is 0 Å². The summed E-state index contributed by atoms with van der Waals surface area (Å²) in [5.74, 6) is 0.961. The molecule has 4 nitrogen and oxygen atoms in total. The van der Waals surface area contributed by atoms with E-state index in [2.05, 4.69) is 55.0 Å². The maximum atomic E-state index is 5.96. The third kappa shape index (κ3) is 6.65. The topological polar surface area (TPSA) is 53.6 Å². The SMILES string of the molecule is CC(C)c1cccc(NC(N)=NCC(C)(C)N(C)C)c1.I. The van der Waals surface area contributed by atoms with Gasteiger partial charge in [0.1, 0.15) is 0 Å². The van der Waals surface area contributed by atoms with E-state index in [0.717, 1.165) is 5.69 Å². The van der Waals surface area contributed by atoms with Crippen molar-refractivity contribution in [3.63, 3.8) is 0 Å². The van der Waals surface area contributed by atoms with Crippen molar-refractivity contribution in [3.8, 4) is 0 Å². The second-order valence-corrected chi connectivity index (χ2v) is 6.31. The highest BCUT2D eigenvalue weighted by Gasteiger charge is 2.19. The summed E-state index contributed by atoms with van der Waals surface area (Å²) in [7, 11) is 4.09. The molecule has 0 radical (unpaired) electrons. The van der Waals surface area contributed by atoms with Crippen LogP contribution < -0.4 is 11.1 Å². The van der Waals surface area contributed by atoms with Gasteiger partial charge in [-0.3, -0.25) is 4.99 Å². The van der Waals surface area contributed by atoms with E-state index in [9.17, 15) is 0 Å². The number of halogens is 1. The van der Waals surface area contributed by atoms with Crippen LogP contribution in [0.4, 0.5) is 5.69 Å². The second-order valence-electron chi connectivity index (χ2n) is 6.31. The number of hydrogen-bond donors (Lipinski definition) is 2. The van der Waals surface area contributed by atoms with Crippen LogP contribution in [-0.2, 0) is 0 Å². The van der Waals surface area contributed by atoms with Crippen molar-refractivity contribution in [2.75, 3.05) is 26.0 Å². The highest BCUT2D eigenvalue weighted by molar-refractivity contribution is 14.0. The highest BCUT2D eigenvalue weighted by atomic mass is 127. The molecule has 21 heavy (non-hydrogen) atoms. The Hall–Kier alpha value is -0.820. The molecule has 1 aromatic carbocycles. The molecule has 0 spiro atoms. The quantitative estimate of drug-likeness (QED) is 0.449. The first-order valence-electron chi connectivity index (χ1n) is 7.06. The average molecular weight is 404 g/mol. The predicted molar refractivity (Wildman–Crippen MR) is 104 cm³/mol. The van der Waals surface area contributed by atoms with Crippen LogP contribution in [-0.4, -0.2) is 37.0 Å². The number of hydrogen-bond acceptors (Lipinski definition) is 2. The fraction of sp³-hybridized carbons (Fsp3) is 0.562. The van der Waals surface area contributed by atoms with E-state index in [1.54, 1.807) is 0 Å². The Morgan fingerprint density at radius 2 is 1.95 bits per heavy atom. The van der Waals surface area contributed by atoms with Crippen molar-refractivity contribution in [1.82, 2.24) is 4.90 Å². The van der Waals surface area contributed by atoms with Gasteiger partial charge in [0.25, 0.3) is 0 Å². The van der Waals surface area contributed by atoms with E-state index in [-0.39, 0.29) is 29.5 Å². The van der Waals surface area contributed by atoms with Crippen molar-refractivity contribution in [3.05, 3.63) is 29.8 Å². The Bertz CT molecular complexity index is 467. The van der Waals surface area contributed by atoms with Crippen LogP contribution >= 0.6 is 24.0 Å². The minimum absolute atomic E-state index is 0. The van der Waals surface area contributed by atoms with E-state index in [1.165, 1.54) is 5.56 Å². The molecular formula is C16H29IN4. The van der Waals surface area contributed by atoms with Crippen molar-refractivity contribution in [2.24, 2.45) is 10.7 Å². The van der Waals surface area contributed by atoms with Gasteiger partial charge >= 0.3 is 0 Å². The largest absolute Gasteiger partial charge is 0.370 e. The number of nitrogens with two attached hydrogens (primary N) is 1. The van der Waals surface area contributed by atoms with E-state index in [0.29, 0.717) is 18.4 Å². The molecule has 0 amide bonds. The van der Waals surface area contributed by atoms with Crippen molar-refractivity contribution >= 4 is 35.6 Å². The van der Waals surface area contributed by atoms with Crippen LogP contribution in [0.25, 0.3) is 0 Å². The molecule has 120 valence electrons. The number of benzene rings is 1. The maximum absolute atomic E-state index is 5.96. The molecule has 5 heteroatoms. The zero-order valence-electron chi connectivity index (χ0n) is 14.0. The monoisotopic (exact) mass is 404 g/mol. The number of likely N-dealkylation sites (N-methyl/N-ethyl adjacent to an activating group) is 1. The Labute approximate surface area is 146 Å². The predicted octanol–water partition coefficient (Wildman–Crippen LogP) is 3.49. The standard InChI is InChI=1S/C16H28N4.HI/c1-12(2)13-8-7-9-14(10-13)19-15(17)18-11-16(3,4)20(5)6;/h7-10,12H,11H2,1-6H3,(H3,17,18,19);1H. The number of aliphatic imine (C=N–C) groups is 1. The van der Waals surface area contributed by atoms with Crippen LogP contribution in [0.5, 0.6) is 0 Å². The Morgan fingerprint density at radius 1 is 1.33 bits per heavy atom. The lowest BCUT2D eigenvalue weighted by molar-refractivity contribution is 0.205. The lowest BCUT2D eigenvalue weighted by atomic mass is 10.0. The van der Waals surface area contributed by atoms with Gasteiger partial charge in [-0.1, -0.05) is 26.0 Å². The fourth-order valence-corrected chi connectivity index (χ4v) is 1.58. The Balaban J connectivity index is 0.00000400. The van der Waals surface area contributed by atoms with Gasteiger partial charge in [-0.2, -0.15) is 0 Å². The van der Waals surface area contributed by atoms with Crippen LogP contribution in [0.15, 0.2) is 29.3 Å². The molecule has 0 fully saturated rings. The van der Waals surface area contributed by atoms with Gasteiger partial charge in [0.15, 0.2) is 5.96 Å². The Morgan fingerprint density at radius 3 is 2.48 bits per heavy atom. The third-order valence-electron chi connectivity index (χ3n) is 3.67. The van der Waals surface area contributed by atoms with Gasteiger partial charge < -0.3 is 16.0 Å². The van der Waals surface area contributed by atoms with E-state index in [1.807, 2.05) is 26.2 Å². The van der Waals surface area contributed by atoms with Crippen molar-refractivity contribution in [1.29, 1.82) is 0 Å². The number of nitrogens with one attached hydrogen (secondary N) is 1. The summed E-state index contributed by atoms with van der Waals surface area (Å²) in [6.45, 7) is 9.29. The van der Waals surface area contributed by atoms with Gasteiger partial charge in [-0.05, 0) is 51.6 Å². The fourth-order valence-electron chi connectivity index (χ4n) is 1.58. The molecule has 0 aliphatic carbocycles. The molecule has 0 aromatic heterocycles. The van der Waals surface area contributed by atoms with E-state index < -0.39 is 0 Å². The molecule has 0 atom stereocenters. The van der Waals surface area contributed by atoms with Crippen LogP contribution in [0.1, 0.15) is 39.2 Å². The Kier molecular flexibility index (Phi) is 8.25. The molecule has 0 saturated carbocycles. The molecule has 1 aromatic rings. The lowest BCUT2D eigenvalue weighted by Crippen LogP contribution is -2.41. The molecule has 0 saturated heterocycles. The first kappa shape index (κ1) is 20.2. The molecule has 0 aliphatic rings. The third-order valence-corrected chi connectivity index (χ3v) is 3.67. The van der Waals surface area contributed by atoms with E-state index in [4.69, 9.17) is 5.73 Å². The molecule has 0 aliphatic heterocycles. The first-order chi connectivity index (χ1) is 9.22. The maximum Gasteiger partial charge on any atom is 0.193 e. The average Bonchev–Trinajstić information content (AvgIpc) is 2.36. The minimum Gasteiger partial charge on any atom is -0.370 e. The smallest absolute Gasteiger partial charge is 0.193 e. The summed E-state index contributed by atoms with van der Waals surface area (Å²) in [4.78, 5) is 6.57. The summed E-state index contributed by atoms with van der Waals surface area (Å²) < 4.78 is 0. The number of nitrogens with zero attached hydrogens (tertiary/aromatic N) is 2. The molecule has 0 unspecified atom stereocenters. The number of rotatable bonds is 5. The second kappa shape index (κ2) is 8.58. The van der Waals surface area contributed by atoms with Gasteiger partial charge in [-0.25, -0.2) is 0 Å². The van der Waals surface area contributed by atoms with Crippen LogP contribution in [0.2, 0.25) is 0 Å². The summed E-state index contributed by atoms with van der Waals surface area (Å²) in [6.07, 6.45) is 0. The van der Waals surface area contributed by atoms with Crippen molar-refractivity contribution < 1.29 is 0 Å². The molecule has 0 heterocycles. The van der Waals surface area contributed by atoms with E-state index >= 15 is 0 Å². The zero-order chi connectivity index (χ0) is 15.3. The van der Waals surface area contributed by atoms with Gasteiger partial charge in [0.05, 0.1) is 6.54 Å². The van der Waals surface area contributed by atoms with Crippen molar-refractivity contribution in [2.45, 2.75) is 39.2 Å².